The first-order chi connectivity index (χ1) is 10.8. The summed E-state index contributed by atoms with van der Waals surface area (Å²) in [6, 6.07) is 13.1. The molecule has 1 amide bonds. The molecule has 23 heavy (non-hydrogen) atoms. The van der Waals surface area contributed by atoms with E-state index in [0.29, 0.717) is 21.3 Å². The van der Waals surface area contributed by atoms with Crippen LogP contribution in [0.1, 0.15) is 12.5 Å². The second-order valence-corrected chi connectivity index (χ2v) is 8.20. The van der Waals surface area contributed by atoms with Crippen molar-refractivity contribution in [2.45, 2.75) is 17.9 Å². The first kappa shape index (κ1) is 17.8. The molecule has 0 heterocycles. The predicted octanol–water partition coefficient (Wildman–Crippen LogP) is 3.94. The van der Waals surface area contributed by atoms with Crippen LogP contribution in [-0.2, 0) is 20.4 Å². The van der Waals surface area contributed by atoms with Crippen LogP contribution in [0.4, 0.5) is 5.69 Å². The summed E-state index contributed by atoms with van der Waals surface area (Å²) >= 11 is 11.7. The molecule has 0 aliphatic heterocycles. The van der Waals surface area contributed by atoms with Crippen LogP contribution in [0.5, 0.6) is 0 Å². The Labute approximate surface area is 145 Å². The van der Waals surface area contributed by atoms with Gasteiger partial charge in [0.25, 0.3) is 0 Å². The summed E-state index contributed by atoms with van der Waals surface area (Å²) in [6.07, 6.45) is 0. The number of carbonyl (C=O) groups excluding carboxylic acids is 1. The molecule has 0 saturated carbocycles. The van der Waals surface area contributed by atoms with Gasteiger partial charge in [0.15, 0.2) is 9.84 Å². The van der Waals surface area contributed by atoms with Crippen LogP contribution in [0, 0.1) is 0 Å². The second kappa shape index (κ2) is 7.34. The molecule has 4 nitrogen and oxygen atoms in total. The summed E-state index contributed by atoms with van der Waals surface area (Å²) in [5.74, 6) is -0.888. The standard InChI is InChI=1S/C16H15Cl2NO3S/c1-11(16(20)19-14-8-6-13(17)7-9-14)23(21,22)10-12-4-2-3-5-15(12)18/h2-9,11H,10H2,1H3,(H,19,20). The fraction of sp³-hybridized carbons (Fsp3) is 0.188. The third-order valence-electron chi connectivity index (χ3n) is 3.33. The van der Waals surface area contributed by atoms with Gasteiger partial charge < -0.3 is 5.32 Å². The number of hydrogen-bond acceptors (Lipinski definition) is 3. The van der Waals surface area contributed by atoms with Crippen molar-refractivity contribution in [3.63, 3.8) is 0 Å². The predicted molar refractivity (Wildman–Crippen MR) is 93.6 cm³/mol. The third-order valence-corrected chi connectivity index (χ3v) is 5.96. The van der Waals surface area contributed by atoms with E-state index in [0.717, 1.165) is 0 Å². The zero-order chi connectivity index (χ0) is 17.0. The van der Waals surface area contributed by atoms with Gasteiger partial charge >= 0.3 is 0 Å². The van der Waals surface area contributed by atoms with Crippen molar-refractivity contribution >= 4 is 44.6 Å². The van der Waals surface area contributed by atoms with Gasteiger partial charge in [-0.15, -0.1) is 0 Å². The summed E-state index contributed by atoms with van der Waals surface area (Å²) in [5, 5.41) is 2.26. The topological polar surface area (TPSA) is 63.2 Å². The lowest BCUT2D eigenvalue weighted by Crippen LogP contribution is -2.33. The number of rotatable bonds is 5. The minimum Gasteiger partial charge on any atom is -0.325 e. The maximum atomic E-state index is 12.4. The van der Waals surface area contributed by atoms with E-state index in [-0.39, 0.29) is 5.75 Å². The Morgan fingerprint density at radius 3 is 2.30 bits per heavy atom. The van der Waals surface area contributed by atoms with Gasteiger partial charge in [0.05, 0.1) is 5.75 Å². The van der Waals surface area contributed by atoms with E-state index < -0.39 is 21.0 Å². The molecule has 1 unspecified atom stereocenters. The van der Waals surface area contributed by atoms with Gasteiger partial charge in [-0.1, -0.05) is 41.4 Å². The van der Waals surface area contributed by atoms with Crippen molar-refractivity contribution in [1.29, 1.82) is 0 Å². The van der Waals surface area contributed by atoms with Crippen molar-refractivity contribution in [3.8, 4) is 0 Å². The lowest BCUT2D eigenvalue weighted by molar-refractivity contribution is -0.115. The lowest BCUT2D eigenvalue weighted by atomic mass is 10.2. The minimum atomic E-state index is -3.69. The average Bonchev–Trinajstić information content (AvgIpc) is 2.51. The van der Waals surface area contributed by atoms with E-state index in [1.807, 2.05) is 0 Å². The highest BCUT2D eigenvalue weighted by molar-refractivity contribution is 7.92. The van der Waals surface area contributed by atoms with E-state index in [2.05, 4.69) is 5.32 Å². The smallest absolute Gasteiger partial charge is 0.242 e. The Morgan fingerprint density at radius 1 is 1.09 bits per heavy atom. The molecule has 0 spiro atoms. The van der Waals surface area contributed by atoms with E-state index >= 15 is 0 Å². The van der Waals surface area contributed by atoms with Crippen molar-refractivity contribution in [2.24, 2.45) is 0 Å². The molecule has 0 bridgehead atoms. The van der Waals surface area contributed by atoms with Gasteiger partial charge in [-0.05, 0) is 42.8 Å². The van der Waals surface area contributed by atoms with Gasteiger partial charge in [-0.2, -0.15) is 0 Å². The maximum absolute atomic E-state index is 12.4. The molecule has 0 radical (unpaired) electrons. The first-order valence-electron chi connectivity index (χ1n) is 6.81. The van der Waals surface area contributed by atoms with Crippen molar-refractivity contribution in [3.05, 3.63) is 64.1 Å². The highest BCUT2D eigenvalue weighted by atomic mass is 35.5. The summed E-state index contributed by atoms with van der Waals surface area (Å²) in [7, 11) is -3.69. The number of benzene rings is 2. The van der Waals surface area contributed by atoms with Crippen LogP contribution >= 0.6 is 23.2 Å². The van der Waals surface area contributed by atoms with E-state index in [9.17, 15) is 13.2 Å². The highest BCUT2D eigenvalue weighted by Gasteiger charge is 2.28. The van der Waals surface area contributed by atoms with Crippen LogP contribution in [0.15, 0.2) is 48.5 Å². The summed E-state index contributed by atoms with van der Waals surface area (Å²) < 4.78 is 24.8. The molecule has 0 fully saturated rings. The number of sulfone groups is 1. The Bertz CT molecular complexity index is 804. The molecule has 0 saturated heterocycles. The molecule has 0 aliphatic rings. The molecule has 1 N–H and O–H groups in total. The number of carbonyl (C=O) groups is 1. The SMILES string of the molecule is CC(C(=O)Nc1ccc(Cl)cc1)S(=O)(=O)Cc1ccccc1Cl. The van der Waals surface area contributed by atoms with Crippen LogP contribution in [0.25, 0.3) is 0 Å². The van der Waals surface area contributed by atoms with E-state index in [4.69, 9.17) is 23.2 Å². The molecule has 2 aromatic carbocycles. The van der Waals surface area contributed by atoms with Gasteiger partial charge in [0, 0.05) is 15.7 Å². The quantitative estimate of drug-likeness (QED) is 0.865. The Morgan fingerprint density at radius 2 is 1.70 bits per heavy atom. The van der Waals surface area contributed by atoms with Gasteiger partial charge in [-0.25, -0.2) is 8.42 Å². The van der Waals surface area contributed by atoms with Crippen LogP contribution < -0.4 is 5.32 Å². The van der Waals surface area contributed by atoms with Crippen LogP contribution in [0.3, 0.4) is 0 Å². The number of hydrogen-bond donors (Lipinski definition) is 1. The molecule has 122 valence electrons. The first-order valence-corrected chi connectivity index (χ1v) is 9.28. The number of nitrogens with one attached hydrogen (secondary N) is 1. The van der Waals surface area contributed by atoms with Gasteiger partial charge in [-0.3, -0.25) is 4.79 Å². The molecular formula is C16H15Cl2NO3S. The highest BCUT2D eigenvalue weighted by Crippen LogP contribution is 2.21. The molecule has 1 atom stereocenters. The van der Waals surface area contributed by atoms with Crippen molar-refractivity contribution < 1.29 is 13.2 Å². The molecule has 2 rings (SSSR count). The van der Waals surface area contributed by atoms with Crippen molar-refractivity contribution in [1.82, 2.24) is 0 Å². The Balaban J connectivity index is 2.11. The van der Waals surface area contributed by atoms with Crippen molar-refractivity contribution in [2.75, 3.05) is 5.32 Å². The minimum absolute atomic E-state index is 0.290. The zero-order valence-corrected chi connectivity index (χ0v) is 14.6. The Hall–Kier alpha value is -1.56. The number of anilines is 1. The van der Waals surface area contributed by atoms with Gasteiger partial charge in [0.2, 0.25) is 5.91 Å². The molecule has 7 heteroatoms. The molecule has 2 aromatic rings. The monoisotopic (exact) mass is 371 g/mol. The molecule has 0 aromatic heterocycles. The average molecular weight is 372 g/mol. The molecular weight excluding hydrogens is 357 g/mol. The fourth-order valence-corrected chi connectivity index (χ4v) is 3.63. The third kappa shape index (κ3) is 4.70. The Kier molecular flexibility index (Phi) is 5.68. The summed E-state index contributed by atoms with van der Waals surface area (Å²) in [6.45, 7) is 1.36. The normalized spacial score (nSPS) is 12.7. The summed E-state index contributed by atoms with van der Waals surface area (Å²) in [4.78, 5) is 12.2. The number of amides is 1. The van der Waals surface area contributed by atoms with E-state index in [1.54, 1.807) is 48.5 Å². The van der Waals surface area contributed by atoms with Crippen LogP contribution in [0.2, 0.25) is 10.0 Å². The largest absolute Gasteiger partial charge is 0.325 e. The zero-order valence-electron chi connectivity index (χ0n) is 12.3. The lowest BCUT2D eigenvalue weighted by Gasteiger charge is -2.14. The van der Waals surface area contributed by atoms with E-state index in [1.165, 1.54) is 6.92 Å². The number of halogens is 2. The van der Waals surface area contributed by atoms with Crippen LogP contribution in [-0.4, -0.2) is 19.6 Å². The van der Waals surface area contributed by atoms with Gasteiger partial charge in [0.1, 0.15) is 5.25 Å². The molecule has 0 aliphatic carbocycles. The fourth-order valence-electron chi connectivity index (χ4n) is 1.90. The second-order valence-electron chi connectivity index (χ2n) is 5.04. The summed E-state index contributed by atoms with van der Waals surface area (Å²) in [5.41, 5.74) is 0.958. The maximum Gasteiger partial charge on any atom is 0.242 e.